The SMILES string of the molecule is CCOC(=O)C(C)(Nc1cccc(C)c1)C(C)C. The Labute approximate surface area is 110 Å². The fourth-order valence-electron chi connectivity index (χ4n) is 1.73. The van der Waals surface area contributed by atoms with Crippen molar-refractivity contribution in [3.05, 3.63) is 29.8 Å². The van der Waals surface area contributed by atoms with E-state index in [1.165, 1.54) is 0 Å². The molecule has 0 aliphatic rings. The molecule has 0 saturated heterocycles. The van der Waals surface area contributed by atoms with Gasteiger partial charge in [-0.3, -0.25) is 0 Å². The molecule has 0 heterocycles. The number of hydrogen-bond donors (Lipinski definition) is 1. The zero-order valence-corrected chi connectivity index (χ0v) is 11.9. The van der Waals surface area contributed by atoms with E-state index in [1.807, 2.05) is 58.9 Å². The van der Waals surface area contributed by atoms with Crippen LogP contribution < -0.4 is 5.32 Å². The second-order valence-corrected chi connectivity index (χ2v) is 5.07. The Kier molecular flexibility index (Phi) is 4.76. The normalized spacial score (nSPS) is 14.1. The van der Waals surface area contributed by atoms with Crippen molar-refractivity contribution in [1.29, 1.82) is 0 Å². The second-order valence-electron chi connectivity index (χ2n) is 5.07. The van der Waals surface area contributed by atoms with E-state index in [9.17, 15) is 4.79 Å². The van der Waals surface area contributed by atoms with E-state index in [-0.39, 0.29) is 11.9 Å². The van der Waals surface area contributed by atoms with Gasteiger partial charge in [0.15, 0.2) is 0 Å². The van der Waals surface area contributed by atoms with Crippen molar-refractivity contribution in [1.82, 2.24) is 0 Å². The summed E-state index contributed by atoms with van der Waals surface area (Å²) in [6.45, 7) is 10.2. The van der Waals surface area contributed by atoms with Gasteiger partial charge in [-0.2, -0.15) is 0 Å². The lowest BCUT2D eigenvalue weighted by molar-refractivity contribution is -0.149. The van der Waals surface area contributed by atoms with Crippen molar-refractivity contribution in [3.63, 3.8) is 0 Å². The summed E-state index contributed by atoms with van der Waals surface area (Å²) >= 11 is 0. The average Bonchev–Trinajstić information content (AvgIpc) is 2.28. The molecule has 1 rings (SSSR count). The zero-order valence-electron chi connectivity index (χ0n) is 11.9. The number of aryl methyl sites for hydroxylation is 1. The molecular weight excluding hydrogens is 226 g/mol. The predicted octanol–water partition coefficient (Wildman–Crippen LogP) is 3.38. The van der Waals surface area contributed by atoms with Crippen molar-refractivity contribution in [2.75, 3.05) is 11.9 Å². The van der Waals surface area contributed by atoms with E-state index in [4.69, 9.17) is 4.74 Å². The molecule has 3 heteroatoms. The van der Waals surface area contributed by atoms with Crippen molar-refractivity contribution in [3.8, 4) is 0 Å². The first kappa shape index (κ1) is 14.6. The minimum absolute atomic E-state index is 0.136. The van der Waals surface area contributed by atoms with Gasteiger partial charge in [0.25, 0.3) is 0 Å². The van der Waals surface area contributed by atoms with E-state index in [2.05, 4.69) is 5.32 Å². The highest BCUT2D eigenvalue weighted by atomic mass is 16.5. The number of ether oxygens (including phenoxy) is 1. The maximum absolute atomic E-state index is 12.1. The van der Waals surface area contributed by atoms with Crippen LogP contribution >= 0.6 is 0 Å². The van der Waals surface area contributed by atoms with Gasteiger partial charge < -0.3 is 10.1 Å². The number of hydrogen-bond acceptors (Lipinski definition) is 3. The number of anilines is 1. The van der Waals surface area contributed by atoms with Crippen LogP contribution in [0.2, 0.25) is 0 Å². The zero-order chi connectivity index (χ0) is 13.8. The molecule has 0 amide bonds. The summed E-state index contributed by atoms with van der Waals surface area (Å²) in [4.78, 5) is 12.1. The topological polar surface area (TPSA) is 38.3 Å². The first-order chi connectivity index (χ1) is 8.40. The molecule has 1 N–H and O–H groups in total. The molecule has 0 aliphatic carbocycles. The van der Waals surface area contributed by atoms with E-state index < -0.39 is 5.54 Å². The first-order valence-corrected chi connectivity index (χ1v) is 6.42. The molecule has 1 atom stereocenters. The van der Waals surface area contributed by atoms with Crippen LogP contribution in [0.3, 0.4) is 0 Å². The Hall–Kier alpha value is -1.51. The molecule has 0 aliphatic heterocycles. The molecule has 0 spiro atoms. The summed E-state index contributed by atoms with van der Waals surface area (Å²) in [7, 11) is 0. The Balaban J connectivity index is 2.96. The third-order valence-corrected chi connectivity index (χ3v) is 3.28. The third kappa shape index (κ3) is 3.25. The molecule has 0 aromatic heterocycles. The summed E-state index contributed by atoms with van der Waals surface area (Å²) in [5, 5.41) is 3.31. The van der Waals surface area contributed by atoms with Crippen LogP contribution in [0.15, 0.2) is 24.3 Å². The van der Waals surface area contributed by atoms with Gasteiger partial charge in [-0.05, 0) is 44.4 Å². The largest absolute Gasteiger partial charge is 0.464 e. The lowest BCUT2D eigenvalue weighted by atomic mass is 9.88. The van der Waals surface area contributed by atoms with Crippen LogP contribution in [0.1, 0.15) is 33.3 Å². The van der Waals surface area contributed by atoms with Crippen LogP contribution in [0, 0.1) is 12.8 Å². The molecule has 18 heavy (non-hydrogen) atoms. The molecule has 3 nitrogen and oxygen atoms in total. The number of carbonyl (C=O) groups excluding carboxylic acids is 1. The molecule has 0 fully saturated rings. The van der Waals surface area contributed by atoms with Crippen molar-refractivity contribution in [2.45, 2.75) is 40.2 Å². The van der Waals surface area contributed by atoms with Crippen molar-refractivity contribution >= 4 is 11.7 Å². The van der Waals surface area contributed by atoms with Gasteiger partial charge in [-0.15, -0.1) is 0 Å². The van der Waals surface area contributed by atoms with Gasteiger partial charge >= 0.3 is 5.97 Å². The number of esters is 1. The van der Waals surface area contributed by atoms with Crippen molar-refractivity contribution in [2.24, 2.45) is 5.92 Å². The van der Waals surface area contributed by atoms with E-state index in [0.717, 1.165) is 11.3 Å². The Bertz CT molecular complexity index is 415. The van der Waals surface area contributed by atoms with Crippen LogP contribution in [0.25, 0.3) is 0 Å². The van der Waals surface area contributed by atoms with Gasteiger partial charge in [0, 0.05) is 5.69 Å². The summed E-state index contributed by atoms with van der Waals surface area (Å²) in [5.41, 5.74) is 1.40. The fraction of sp³-hybridized carbons (Fsp3) is 0.533. The molecule has 1 aromatic carbocycles. The Morgan fingerprint density at radius 1 is 1.44 bits per heavy atom. The number of carbonyl (C=O) groups is 1. The summed E-state index contributed by atoms with van der Waals surface area (Å²) in [6.07, 6.45) is 0. The third-order valence-electron chi connectivity index (χ3n) is 3.28. The van der Waals surface area contributed by atoms with Crippen LogP contribution in [0.4, 0.5) is 5.69 Å². The highest BCUT2D eigenvalue weighted by Crippen LogP contribution is 2.25. The predicted molar refractivity (Wildman–Crippen MR) is 74.7 cm³/mol. The molecule has 1 unspecified atom stereocenters. The summed E-state index contributed by atoms with van der Waals surface area (Å²) in [5.74, 6) is -0.0708. The second kappa shape index (κ2) is 5.89. The minimum atomic E-state index is -0.705. The minimum Gasteiger partial charge on any atom is -0.464 e. The maximum atomic E-state index is 12.1. The van der Waals surface area contributed by atoms with Gasteiger partial charge in [-0.25, -0.2) is 4.79 Å². The molecule has 100 valence electrons. The molecule has 0 bridgehead atoms. The number of nitrogens with one attached hydrogen (secondary N) is 1. The van der Waals surface area contributed by atoms with Gasteiger partial charge in [0.05, 0.1) is 6.61 Å². The summed E-state index contributed by atoms with van der Waals surface area (Å²) < 4.78 is 5.17. The van der Waals surface area contributed by atoms with Gasteiger partial charge in [0.2, 0.25) is 0 Å². The maximum Gasteiger partial charge on any atom is 0.331 e. The van der Waals surface area contributed by atoms with Crippen LogP contribution in [0.5, 0.6) is 0 Å². The molecule has 0 radical (unpaired) electrons. The molecule has 0 saturated carbocycles. The van der Waals surface area contributed by atoms with Gasteiger partial charge in [0.1, 0.15) is 5.54 Å². The lowest BCUT2D eigenvalue weighted by Gasteiger charge is -2.33. The Morgan fingerprint density at radius 2 is 2.11 bits per heavy atom. The van der Waals surface area contributed by atoms with E-state index in [1.54, 1.807) is 0 Å². The van der Waals surface area contributed by atoms with Gasteiger partial charge in [-0.1, -0.05) is 26.0 Å². The molecule has 1 aromatic rings. The quantitative estimate of drug-likeness (QED) is 0.813. The van der Waals surface area contributed by atoms with E-state index in [0.29, 0.717) is 6.61 Å². The number of rotatable bonds is 5. The Morgan fingerprint density at radius 3 is 2.61 bits per heavy atom. The first-order valence-electron chi connectivity index (χ1n) is 6.42. The highest BCUT2D eigenvalue weighted by molar-refractivity contribution is 5.84. The fourth-order valence-corrected chi connectivity index (χ4v) is 1.73. The number of benzene rings is 1. The molecular formula is C15H23NO2. The van der Waals surface area contributed by atoms with Crippen LogP contribution in [-0.4, -0.2) is 18.1 Å². The lowest BCUT2D eigenvalue weighted by Crippen LogP contribution is -2.49. The smallest absolute Gasteiger partial charge is 0.331 e. The highest BCUT2D eigenvalue weighted by Gasteiger charge is 2.38. The standard InChI is InChI=1S/C15H23NO2/c1-6-18-14(17)15(5,11(2)3)16-13-9-7-8-12(4)10-13/h7-11,16H,6H2,1-5H3. The van der Waals surface area contributed by atoms with E-state index >= 15 is 0 Å². The summed E-state index contributed by atoms with van der Waals surface area (Å²) in [6, 6.07) is 8.00. The van der Waals surface area contributed by atoms with Crippen molar-refractivity contribution < 1.29 is 9.53 Å². The monoisotopic (exact) mass is 249 g/mol. The average molecular weight is 249 g/mol. The van der Waals surface area contributed by atoms with Crippen LogP contribution in [-0.2, 0) is 9.53 Å².